The quantitative estimate of drug-likeness (QED) is 0.889. The Labute approximate surface area is 108 Å². The topological polar surface area (TPSA) is 81.7 Å². The average Bonchev–Trinajstić information content (AvgIpc) is 2.68. The first-order chi connectivity index (χ1) is 8.08. The summed E-state index contributed by atoms with van der Waals surface area (Å²) < 4.78 is 1.79. The molecule has 0 aromatic carbocycles. The van der Waals surface area contributed by atoms with Crippen molar-refractivity contribution in [3.63, 3.8) is 0 Å². The molecule has 0 aliphatic carbocycles. The van der Waals surface area contributed by atoms with E-state index in [9.17, 15) is 0 Å². The second-order valence-electron chi connectivity index (χ2n) is 3.40. The van der Waals surface area contributed by atoms with Gasteiger partial charge in [-0.05, 0) is 6.07 Å². The maximum absolute atomic E-state index is 5.97. The van der Waals surface area contributed by atoms with E-state index >= 15 is 0 Å². The Bertz CT molecular complexity index is 538. The fraction of sp³-hybridized carbons (Fsp3) is 0.222. The van der Waals surface area contributed by atoms with Crippen LogP contribution in [0.4, 0.5) is 11.6 Å². The first-order valence-corrected chi connectivity index (χ1v) is 5.52. The van der Waals surface area contributed by atoms with Crippen molar-refractivity contribution in [3.05, 3.63) is 28.3 Å². The Morgan fingerprint density at radius 3 is 2.82 bits per heavy atom. The molecule has 0 unspecified atom stereocenters. The number of nitrogens with zero attached hydrogens (tertiary/aromatic N) is 4. The van der Waals surface area contributed by atoms with Gasteiger partial charge >= 0.3 is 0 Å². The van der Waals surface area contributed by atoms with Crippen LogP contribution in [0.3, 0.4) is 0 Å². The van der Waals surface area contributed by atoms with Gasteiger partial charge in [0.15, 0.2) is 5.82 Å². The van der Waals surface area contributed by atoms with Crippen molar-refractivity contribution in [2.75, 3.05) is 11.1 Å². The Kier molecular flexibility index (Phi) is 3.35. The summed E-state index contributed by atoms with van der Waals surface area (Å²) in [6.07, 6.45) is 1.61. The molecule has 90 valence electrons. The number of pyridine rings is 1. The minimum Gasteiger partial charge on any atom is -0.382 e. The molecule has 2 aromatic heterocycles. The lowest BCUT2D eigenvalue weighted by Crippen LogP contribution is -2.08. The van der Waals surface area contributed by atoms with E-state index in [0.717, 1.165) is 5.82 Å². The molecule has 0 aliphatic rings. The highest BCUT2D eigenvalue weighted by molar-refractivity contribution is 6.37. The molecular formula is C9H10Cl2N6. The number of aromatic nitrogens is 4. The second-order valence-corrected chi connectivity index (χ2v) is 4.21. The largest absolute Gasteiger partial charge is 0.382 e. The van der Waals surface area contributed by atoms with Gasteiger partial charge in [0.05, 0.1) is 16.6 Å². The Hall–Kier alpha value is -1.53. The highest BCUT2D eigenvalue weighted by Gasteiger charge is 2.08. The number of hydrogen-bond donors (Lipinski definition) is 2. The lowest BCUT2D eigenvalue weighted by Gasteiger charge is -2.08. The molecule has 0 atom stereocenters. The minimum absolute atomic E-state index is 0.233. The maximum Gasteiger partial charge on any atom is 0.151 e. The number of aryl methyl sites for hydroxylation is 1. The first-order valence-electron chi connectivity index (χ1n) is 4.76. The van der Waals surface area contributed by atoms with Crippen molar-refractivity contribution >= 4 is 34.8 Å². The van der Waals surface area contributed by atoms with E-state index in [1.54, 1.807) is 17.0 Å². The number of halogens is 2. The van der Waals surface area contributed by atoms with E-state index in [-0.39, 0.29) is 5.82 Å². The predicted octanol–water partition coefficient (Wildman–Crippen LogP) is 1.71. The number of rotatable bonds is 3. The number of nitrogens with two attached hydrogens (primary N) is 1. The summed E-state index contributed by atoms with van der Waals surface area (Å²) in [7, 11) is 1.85. The fourth-order valence-corrected chi connectivity index (χ4v) is 1.66. The monoisotopic (exact) mass is 272 g/mol. The molecule has 0 saturated carbocycles. The van der Waals surface area contributed by atoms with Crippen molar-refractivity contribution in [2.45, 2.75) is 6.54 Å². The third kappa shape index (κ3) is 2.59. The van der Waals surface area contributed by atoms with Gasteiger partial charge in [-0.3, -0.25) is 0 Å². The summed E-state index contributed by atoms with van der Waals surface area (Å²) in [6, 6.07) is 1.55. The van der Waals surface area contributed by atoms with Crippen molar-refractivity contribution in [1.82, 2.24) is 19.7 Å². The van der Waals surface area contributed by atoms with Crippen LogP contribution in [-0.4, -0.2) is 19.7 Å². The Morgan fingerprint density at radius 1 is 1.41 bits per heavy atom. The van der Waals surface area contributed by atoms with E-state index < -0.39 is 0 Å². The Morgan fingerprint density at radius 2 is 2.18 bits per heavy atom. The molecule has 3 N–H and O–H groups in total. The lowest BCUT2D eigenvalue weighted by molar-refractivity contribution is 0.810. The van der Waals surface area contributed by atoms with Gasteiger partial charge in [-0.25, -0.2) is 4.98 Å². The van der Waals surface area contributed by atoms with Crippen molar-refractivity contribution in [1.29, 1.82) is 0 Å². The fourth-order valence-electron chi connectivity index (χ4n) is 1.23. The van der Waals surface area contributed by atoms with Crippen molar-refractivity contribution in [2.24, 2.45) is 7.05 Å². The van der Waals surface area contributed by atoms with Crippen LogP contribution in [-0.2, 0) is 13.6 Å². The molecule has 2 heterocycles. The van der Waals surface area contributed by atoms with Crippen LogP contribution >= 0.6 is 23.2 Å². The summed E-state index contributed by atoms with van der Waals surface area (Å²) >= 11 is 11.8. The zero-order chi connectivity index (χ0) is 12.4. The van der Waals surface area contributed by atoms with Crippen LogP contribution in [0, 0.1) is 0 Å². The van der Waals surface area contributed by atoms with Crippen LogP contribution in [0.1, 0.15) is 5.82 Å². The summed E-state index contributed by atoms with van der Waals surface area (Å²) in [5.41, 5.74) is 5.59. The summed E-state index contributed by atoms with van der Waals surface area (Å²) in [5.74, 6) is 1.46. The molecule has 8 heteroatoms. The van der Waals surface area contributed by atoms with Gasteiger partial charge in [0.2, 0.25) is 0 Å². The van der Waals surface area contributed by atoms with Gasteiger partial charge in [-0.2, -0.15) is 0 Å². The van der Waals surface area contributed by atoms with Crippen LogP contribution in [0.15, 0.2) is 12.4 Å². The van der Waals surface area contributed by atoms with E-state index in [1.165, 1.54) is 0 Å². The molecule has 0 radical (unpaired) electrons. The van der Waals surface area contributed by atoms with E-state index in [4.69, 9.17) is 28.9 Å². The molecule has 17 heavy (non-hydrogen) atoms. The zero-order valence-corrected chi connectivity index (χ0v) is 10.5. The van der Waals surface area contributed by atoms with Gasteiger partial charge in [-0.15, -0.1) is 10.2 Å². The van der Waals surface area contributed by atoms with E-state index in [0.29, 0.717) is 22.4 Å². The molecule has 2 aromatic rings. The summed E-state index contributed by atoms with van der Waals surface area (Å²) in [5, 5.41) is 11.4. The highest BCUT2D eigenvalue weighted by Crippen LogP contribution is 2.27. The molecule has 6 nitrogen and oxygen atoms in total. The first kappa shape index (κ1) is 11.9. The number of nitrogen functional groups attached to an aromatic ring is 1. The predicted molar refractivity (Wildman–Crippen MR) is 67.0 cm³/mol. The normalized spacial score (nSPS) is 10.5. The third-order valence-corrected chi connectivity index (χ3v) is 2.77. The summed E-state index contributed by atoms with van der Waals surface area (Å²) in [4.78, 5) is 4.05. The minimum atomic E-state index is 0.233. The van der Waals surface area contributed by atoms with Gasteiger partial charge in [-0.1, -0.05) is 23.2 Å². The molecule has 0 bridgehead atoms. The van der Waals surface area contributed by atoms with Gasteiger partial charge in [0.25, 0.3) is 0 Å². The number of anilines is 2. The third-order valence-electron chi connectivity index (χ3n) is 2.18. The maximum atomic E-state index is 5.97. The van der Waals surface area contributed by atoms with Gasteiger partial charge < -0.3 is 15.6 Å². The molecule has 2 rings (SSSR count). The van der Waals surface area contributed by atoms with Gasteiger partial charge in [0.1, 0.15) is 18.0 Å². The molecule has 0 fully saturated rings. The van der Waals surface area contributed by atoms with Crippen LogP contribution in [0.5, 0.6) is 0 Å². The lowest BCUT2D eigenvalue weighted by atomic mass is 10.4. The smallest absolute Gasteiger partial charge is 0.151 e. The van der Waals surface area contributed by atoms with E-state index in [2.05, 4.69) is 20.5 Å². The second kappa shape index (κ2) is 4.77. The number of nitrogens with one attached hydrogen (secondary N) is 1. The SMILES string of the molecule is Cn1cnnc1CNc1nc(N)c(Cl)cc1Cl. The standard InChI is InChI=1S/C9H10Cl2N6/c1-17-4-14-16-7(17)3-13-9-6(11)2-5(10)8(12)15-9/h2,4H,3H2,1H3,(H3,12,13,15). The van der Waals surface area contributed by atoms with Gasteiger partial charge in [0, 0.05) is 7.05 Å². The molecule has 0 saturated heterocycles. The molecule has 0 spiro atoms. The highest BCUT2D eigenvalue weighted by atomic mass is 35.5. The van der Waals surface area contributed by atoms with Crippen LogP contribution in [0.25, 0.3) is 0 Å². The van der Waals surface area contributed by atoms with Crippen molar-refractivity contribution in [3.8, 4) is 0 Å². The number of hydrogen-bond acceptors (Lipinski definition) is 5. The van der Waals surface area contributed by atoms with Crippen LogP contribution in [0.2, 0.25) is 10.0 Å². The van der Waals surface area contributed by atoms with E-state index in [1.807, 2.05) is 7.05 Å². The van der Waals surface area contributed by atoms with Crippen molar-refractivity contribution < 1.29 is 0 Å². The average molecular weight is 273 g/mol. The summed E-state index contributed by atoms with van der Waals surface area (Å²) in [6.45, 7) is 0.449. The molecular weight excluding hydrogens is 263 g/mol. The molecule has 0 amide bonds. The molecule has 0 aliphatic heterocycles. The zero-order valence-electron chi connectivity index (χ0n) is 8.98. The Balaban J connectivity index is 2.14. The van der Waals surface area contributed by atoms with Crippen LogP contribution < -0.4 is 11.1 Å².